The number of nitrogens with one attached hydrogen (secondary N) is 1. The largest absolute Gasteiger partial charge is 0.423 e. The van der Waals surface area contributed by atoms with Crippen molar-refractivity contribution >= 4 is 29.1 Å². The van der Waals surface area contributed by atoms with E-state index in [0.29, 0.717) is 22.2 Å². The van der Waals surface area contributed by atoms with Gasteiger partial charge in [0, 0.05) is 28.5 Å². The number of anilines is 2. The zero-order valence-corrected chi connectivity index (χ0v) is 13.6. The minimum atomic E-state index is -0.465. The maximum Gasteiger partial charge on any atom is 0.343 e. The molecule has 0 amide bonds. The predicted molar refractivity (Wildman–Crippen MR) is 92.9 cm³/mol. The normalized spacial score (nSPS) is 10.2. The van der Waals surface area contributed by atoms with Gasteiger partial charge in [0.15, 0.2) is 0 Å². The Hall–Kier alpha value is -2.92. The molecule has 1 N–H and O–H groups in total. The van der Waals surface area contributed by atoms with Gasteiger partial charge in [-0.3, -0.25) is 0 Å². The summed E-state index contributed by atoms with van der Waals surface area (Å²) in [5.41, 5.74) is 2.01. The van der Waals surface area contributed by atoms with Gasteiger partial charge in [0.05, 0.1) is 5.56 Å². The standard InChI is InChI=1S/C18H14ClN3O2/c1-12-8-17(21-11-20-12)22-15-6-3-7-16(10-15)24-18(23)13-4-2-5-14(19)9-13/h2-11H,1H3,(H,20,21,22). The Bertz CT molecular complexity index is 883. The highest BCUT2D eigenvalue weighted by Crippen LogP contribution is 2.22. The summed E-state index contributed by atoms with van der Waals surface area (Å²) in [4.78, 5) is 20.3. The highest BCUT2D eigenvalue weighted by molar-refractivity contribution is 6.30. The van der Waals surface area contributed by atoms with Gasteiger partial charge in [-0.2, -0.15) is 0 Å². The van der Waals surface area contributed by atoms with Gasteiger partial charge in [0.1, 0.15) is 17.9 Å². The molecule has 0 radical (unpaired) electrons. The second-order valence-electron chi connectivity index (χ2n) is 5.10. The van der Waals surface area contributed by atoms with Crippen molar-refractivity contribution in [2.24, 2.45) is 0 Å². The summed E-state index contributed by atoms with van der Waals surface area (Å²) in [6.45, 7) is 1.88. The molecule has 0 aliphatic carbocycles. The lowest BCUT2D eigenvalue weighted by Crippen LogP contribution is -2.08. The highest BCUT2D eigenvalue weighted by Gasteiger charge is 2.09. The van der Waals surface area contributed by atoms with E-state index in [9.17, 15) is 4.79 Å². The van der Waals surface area contributed by atoms with Crippen molar-refractivity contribution in [3.05, 3.63) is 77.2 Å². The van der Waals surface area contributed by atoms with E-state index in [2.05, 4.69) is 15.3 Å². The quantitative estimate of drug-likeness (QED) is 0.563. The summed E-state index contributed by atoms with van der Waals surface area (Å²) in [6.07, 6.45) is 1.49. The molecule has 120 valence electrons. The summed E-state index contributed by atoms with van der Waals surface area (Å²) in [7, 11) is 0. The zero-order chi connectivity index (χ0) is 16.9. The molecule has 0 aliphatic heterocycles. The third-order valence-electron chi connectivity index (χ3n) is 3.18. The van der Waals surface area contributed by atoms with Crippen molar-refractivity contribution in [3.63, 3.8) is 0 Å². The van der Waals surface area contributed by atoms with Crippen LogP contribution in [0.2, 0.25) is 5.02 Å². The molecule has 1 aromatic heterocycles. The lowest BCUT2D eigenvalue weighted by Gasteiger charge is -2.09. The molecule has 0 saturated heterocycles. The summed E-state index contributed by atoms with van der Waals surface area (Å²) < 4.78 is 5.39. The molecule has 0 spiro atoms. The molecule has 0 fully saturated rings. The van der Waals surface area contributed by atoms with E-state index >= 15 is 0 Å². The summed E-state index contributed by atoms with van der Waals surface area (Å²) in [5, 5.41) is 3.63. The lowest BCUT2D eigenvalue weighted by molar-refractivity contribution is 0.0735. The van der Waals surface area contributed by atoms with Gasteiger partial charge in [-0.05, 0) is 37.3 Å². The lowest BCUT2D eigenvalue weighted by atomic mass is 10.2. The minimum Gasteiger partial charge on any atom is -0.423 e. The van der Waals surface area contributed by atoms with Crippen LogP contribution in [0.1, 0.15) is 16.1 Å². The van der Waals surface area contributed by atoms with Crippen LogP contribution >= 0.6 is 11.6 Å². The Morgan fingerprint density at radius 3 is 2.71 bits per heavy atom. The van der Waals surface area contributed by atoms with Gasteiger partial charge in [-0.15, -0.1) is 0 Å². The fourth-order valence-corrected chi connectivity index (χ4v) is 2.28. The molecule has 2 aromatic carbocycles. The summed E-state index contributed by atoms with van der Waals surface area (Å²) in [6, 6.07) is 15.5. The van der Waals surface area contributed by atoms with Crippen molar-refractivity contribution in [2.45, 2.75) is 6.92 Å². The molecule has 0 aliphatic rings. The van der Waals surface area contributed by atoms with Crippen molar-refractivity contribution in [1.82, 2.24) is 9.97 Å². The third-order valence-corrected chi connectivity index (χ3v) is 3.42. The number of aromatic nitrogens is 2. The van der Waals surface area contributed by atoms with Crippen molar-refractivity contribution in [2.75, 3.05) is 5.32 Å². The number of carbonyl (C=O) groups is 1. The Morgan fingerprint density at radius 2 is 1.92 bits per heavy atom. The van der Waals surface area contributed by atoms with Crippen LogP contribution in [0.15, 0.2) is 60.9 Å². The summed E-state index contributed by atoms with van der Waals surface area (Å²) >= 11 is 5.89. The van der Waals surface area contributed by atoms with Gasteiger partial charge in [-0.25, -0.2) is 14.8 Å². The van der Waals surface area contributed by atoms with E-state index in [4.69, 9.17) is 16.3 Å². The number of hydrogen-bond donors (Lipinski definition) is 1. The smallest absolute Gasteiger partial charge is 0.343 e. The maximum atomic E-state index is 12.2. The zero-order valence-electron chi connectivity index (χ0n) is 12.9. The van der Waals surface area contributed by atoms with E-state index in [-0.39, 0.29) is 0 Å². The fraction of sp³-hybridized carbons (Fsp3) is 0.0556. The van der Waals surface area contributed by atoms with Gasteiger partial charge < -0.3 is 10.1 Å². The Kier molecular flexibility index (Phi) is 4.72. The third kappa shape index (κ3) is 4.08. The molecule has 3 rings (SSSR count). The average Bonchev–Trinajstić information content (AvgIpc) is 2.55. The number of rotatable bonds is 4. The second kappa shape index (κ2) is 7.10. The maximum absolute atomic E-state index is 12.2. The van der Waals surface area contributed by atoms with E-state index in [1.165, 1.54) is 6.33 Å². The number of esters is 1. The van der Waals surface area contributed by atoms with Crippen LogP contribution in [0.5, 0.6) is 5.75 Å². The first kappa shape index (κ1) is 16.0. The number of benzene rings is 2. The first-order valence-electron chi connectivity index (χ1n) is 7.24. The number of halogens is 1. The number of carbonyl (C=O) groups excluding carboxylic acids is 1. The van der Waals surface area contributed by atoms with Gasteiger partial charge in [-0.1, -0.05) is 23.7 Å². The summed E-state index contributed by atoms with van der Waals surface area (Å²) in [5.74, 6) is 0.629. The first-order chi connectivity index (χ1) is 11.6. The van der Waals surface area contributed by atoms with Crippen LogP contribution in [0.3, 0.4) is 0 Å². The molecule has 24 heavy (non-hydrogen) atoms. The van der Waals surface area contributed by atoms with Crippen molar-refractivity contribution in [1.29, 1.82) is 0 Å². The Labute approximate surface area is 144 Å². The van der Waals surface area contributed by atoms with Crippen molar-refractivity contribution < 1.29 is 9.53 Å². The van der Waals surface area contributed by atoms with Gasteiger partial charge >= 0.3 is 5.97 Å². The molecule has 6 heteroatoms. The monoisotopic (exact) mass is 339 g/mol. The number of aryl methyl sites for hydroxylation is 1. The molecular weight excluding hydrogens is 326 g/mol. The minimum absolute atomic E-state index is 0.396. The topological polar surface area (TPSA) is 64.1 Å². The number of ether oxygens (including phenoxy) is 1. The molecule has 1 heterocycles. The van der Waals surface area contributed by atoms with Crippen LogP contribution in [0.25, 0.3) is 0 Å². The van der Waals surface area contributed by atoms with E-state index < -0.39 is 5.97 Å². The van der Waals surface area contributed by atoms with E-state index in [1.54, 1.807) is 42.5 Å². The van der Waals surface area contributed by atoms with Crippen molar-refractivity contribution in [3.8, 4) is 5.75 Å². The molecule has 0 saturated carbocycles. The van der Waals surface area contributed by atoms with E-state index in [1.807, 2.05) is 19.1 Å². The molecular formula is C18H14ClN3O2. The molecule has 0 atom stereocenters. The second-order valence-corrected chi connectivity index (χ2v) is 5.53. The van der Waals surface area contributed by atoms with Crippen LogP contribution in [0, 0.1) is 6.92 Å². The van der Waals surface area contributed by atoms with Crippen LogP contribution < -0.4 is 10.1 Å². The van der Waals surface area contributed by atoms with E-state index in [0.717, 1.165) is 11.4 Å². The molecule has 0 bridgehead atoms. The highest BCUT2D eigenvalue weighted by atomic mass is 35.5. The molecule has 3 aromatic rings. The number of hydrogen-bond acceptors (Lipinski definition) is 5. The fourth-order valence-electron chi connectivity index (χ4n) is 2.09. The Balaban J connectivity index is 1.74. The SMILES string of the molecule is Cc1cc(Nc2cccc(OC(=O)c3cccc(Cl)c3)c2)ncn1. The average molecular weight is 340 g/mol. The van der Waals surface area contributed by atoms with Crippen LogP contribution in [-0.4, -0.2) is 15.9 Å². The number of nitrogens with zero attached hydrogens (tertiary/aromatic N) is 2. The Morgan fingerprint density at radius 1 is 1.08 bits per heavy atom. The predicted octanol–water partition coefficient (Wildman–Crippen LogP) is 4.40. The van der Waals surface area contributed by atoms with Gasteiger partial charge in [0.2, 0.25) is 0 Å². The molecule has 0 unspecified atom stereocenters. The first-order valence-corrected chi connectivity index (χ1v) is 7.61. The van der Waals surface area contributed by atoms with Crippen LogP contribution in [-0.2, 0) is 0 Å². The molecule has 5 nitrogen and oxygen atoms in total. The van der Waals surface area contributed by atoms with Crippen LogP contribution in [0.4, 0.5) is 11.5 Å². The van der Waals surface area contributed by atoms with Gasteiger partial charge in [0.25, 0.3) is 0 Å².